The van der Waals surface area contributed by atoms with Crippen LogP contribution >= 0.6 is 0 Å². The van der Waals surface area contributed by atoms with Crippen LogP contribution in [0.5, 0.6) is 0 Å². The van der Waals surface area contributed by atoms with Gasteiger partial charge in [-0.15, -0.1) is 0 Å². The van der Waals surface area contributed by atoms with E-state index < -0.39 is 49.5 Å². The van der Waals surface area contributed by atoms with E-state index in [1.807, 2.05) is 6.08 Å². The number of hydrogen-bond acceptors (Lipinski definition) is 8. The second-order valence-electron chi connectivity index (χ2n) is 22.5. The van der Waals surface area contributed by atoms with Gasteiger partial charge in [-0.3, -0.25) is 4.79 Å². The molecule has 0 aliphatic carbocycles. The first-order chi connectivity index (χ1) is 37.8. The second kappa shape index (κ2) is 56.9. The molecule has 0 aromatic heterocycles. The number of ether oxygens (including phenoxy) is 2. The minimum Gasteiger partial charge on any atom is -0.394 e. The van der Waals surface area contributed by atoms with Gasteiger partial charge in [0.05, 0.1) is 25.4 Å². The van der Waals surface area contributed by atoms with Crippen LogP contribution in [0.1, 0.15) is 296 Å². The van der Waals surface area contributed by atoms with Gasteiger partial charge in [-0.25, -0.2) is 0 Å². The van der Waals surface area contributed by atoms with Crippen LogP contribution in [0.15, 0.2) is 72.9 Å². The van der Waals surface area contributed by atoms with Gasteiger partial charge in [0.1, 0.15) is 24.4 Å². The Kier molecular flexibility index (Phi) is 53.7. The lowest BCUT2D eigenvalue weighted by atomic mass is 9.99. The van der Waals surface area contributed by atoms with Crippen molar-refractivity contribution in [3.05, 3.63) is 72.9 Å². The second-order valence-corrected chi connectivity index (χ2v) is 22.5. The zero-order valence-electron chi connectivity index (χ0n) is 50.0. The maximum atomic E-state index is 13.1. The summed E-state index contributed by atoms with van der Waals surface area (Å²) in [7, 11) is 0. The normalized spacial score (nSPS) is 19.2. The van der Waals surface area contributed by atoms with Gasteiger partial charge in [-0.05, 0) is 83.5 Å². The first kappa shape index (κ1) is 72.6. The highest BCUT2D eigenvalue weighted by atomic mass is 16.7. The first-order valence-electron chi connectivity index (χ1n) is 32.7. The quantitative estimate of drug-likeness (QED) is 0.0261. The molecule has 1 aliphatic heterocycles. The van der Waals surface area contributed by atoms with E-state index in [0.717, 1.165) is 77.0 Å². The lowest BCUT2D eigenvalue weighted by Crippen LogP contribution is -2.60. The maximum absolute atomic E-state index is 13.1. The smallest absolute Gasteiger partial charge is 0.220 e. The molecule has 1 heterocycles. The van der Waals surface area contributed by atoms with Gasteiger partial charge in [0.2, 0.25) is 5.91 Å². The number of carbonyl (C=O) groups is 1. The number of amides is 1. The number of aliphatic hydroxyl groups is 5. The summed E-state index contributed by atoms with van der Waals surface area (Å²) in [4.78, 5) is 13.1. The average Bonchev–Trinajstić information content (AvgIpc) is 3.43. The third-order valence-corrected chi connectivity index (χ3v) is 15.2. The van der Waals surface area contributed by atoms with Crippen molar-refractivity contribution >= 4 is 5.91 Å². The summed E-state index contributed by atoms with van der Waals surface area (Å²) in [5, 5.41) is 54.6. The summed E-state index contributed by atoms with van der Waals surface area (Å²) in [6.07, 6.45) is 72.9. The van der Waals surface area contributed by atoms with Crippen molar-refractivity contribution in [3.63, 3.8) is 0 Å². The average molecular weight is 1080 g/mol. The summed E-state index contributed by atoms with van der Waals surface area (Å²) in [5.74, 6) is -0.203. The molecule has 6 N–H and O–H groups in total. The molecule has 7 atom stereocenters. The van der Waals surface area contributed by atoms with Crippen LogP contribution in [0.2, 0.25) is 0 Å². The number of aliphatic hydroxyl groups excluding tert-OH is 5. The summed E-state index contributed by atoms with van der Waals surface area (Å²) in [6.45, 7) is 3.76. The number of rotatable bonds is 56. The molecule has 1 rings (SSSR count). The Morgan fingerprint density at radius 1 is 0.442 bits per heavy atom. The summed E-state index contributed by atoms with van der Waals surface area (Å²) >= 11 is 0. The topological polar surface area (TPSA) is 149 Å². The molecule has 448 valence electrons. The van der Waals surface area contributed by atoms with Gasteiger partial charge in [-0.2, -0.15) is 0 Å². The van der Waals surface area contributed by atoms with Gasteiger partial charge in [0.25, 0.3) is 0 Å². The fourth-order valence-corrected chi connectivity index (χ4v) is 10.1. The highest BCUT2D eigenvalue weighted by Gasteiger charge is 2.44. The minimum absolute atomic E-state index is 0.203. The van der Waals surface area contributed by atoms with E-state index in [1.165, 1.54) is 199 Å². The molecule has 77 heavy (non-hydrogen) atoms. The molecule has 0 bridgehead atoms. The standard InChI is InChI=1S/C68H123NO8/c1-3-5-7-9-11-13-15-17-19-21-23-25-26-27-28-29-30-31-32-33-34-35-36-38-39-41-43-45-47-49-51-53-55-57-62(71)61(60-76-68-67(75)66(74)65(73)63(59-70)77-68)69-64(72)58-56-54-52-50-48-46-44-42-40-37-24-22-20-18-16-14-12-10-8-6-4-2/h16,18,22,24,39-42,47,49,55,57,61-63,65-68,70-71,73-75H,3-15,17,19-21,23,25-38,43-46,48,50-54,56,58-60H2,1-2H3,(H,69,72)/b18-16-,24-22-,41-39+,42-40-,49-47+,57-55+. The maximum Gasteiger partial charge on any atom is 0.220 e. The number of nitrogens with one attached hydrogen (secondary N) is 1. The number of carbonyl (C=O) groups excluding carboxylic acids is 1. The van der Waals surface area contributed by atoms with Crippen molar-refractivity contribution in [2.45, 2.75) is 339 Å². The molecular weight excluding hydrogens is 959 g/mol. The third-order valence-electron chi connectivity index (χ3n) is 15.2. The van der Waals surface area contributed by atoms with Gasteiger partial charge in [0, 0.05) is 6.42 Å². The van der Waals surface area contributed by atoms with Crippen molar-refractivity contribution in [2.24, 2.45) is 0 Å². The molecule has 1 fully saturated rings. The van der Waals surface area contributed by atoms with Crippen LogP contribution in [0.4, 0.5) is 0 Å². The lowest BCUT2D eigenvalue weighted by Gasteiger charge is -2.40. The van der Waals surface area contributed by atoms with Crippen LogP contribution in [0.3, 0.4) is 0 Å². The Bertz CT molecular complexity index is 1440. The monoisotopic (exact) mass is 1080 g/mol. The van der Waals surface area contributed by atoms with Gasteiger partial charge in [-0.1, -0.05) is 279 Å². The molecule has 1 amide bonds. The number of allylic oxidation sites excluding steroid dienone is 11. The highest BCUT2D eigenvalue weighted by Crippen LogP contribution is 2.23. The van der Waals surface area contributed by atoms with Crippen LogP contribution in [0, 0.1) is 0 Å². The van der Waals surface area contributed by atoms with E-state index in [1.54, 1.807) is 6.08 Å². The Morgan fingerprint density at radius 2 is 0.779 bits per heavy atom. The van der Waals surface area contributed by atoms with Crippen LogP contribution < -0.4 is 5.32 Å². The first-order valence-corrected chi connectivity index (χ1v) is 32.7. The molecule has 7 unspecified atom stereocenters. The number of unbranched alkanes of at least 4 members (excludes halogenated alkanes) is 36. The largest absolute Gasteiger partial charge is 0.394 e. The summed E-state index contributed by atoms with van der Waals surface area (Å²) in [5.41, 5.74) is 0. The van der Waals surface area contributed by atoms with Gasteiger partial charge in [0.15, 0.2) is 6.29 Å². The molecule has 1 saturated heterocycles. The molecular formula is C68H123NO8. The Hall–Kier alpha value is -2.37. The van der Waals surface area contributed by atoms with E-state index >= 15 is 0 Å². The predicted octanol–water partition coefficient (Wildman–Crippen LogP) is 17.2. The van der Waals surface area contributed by atoms with Crippen molar-refractivity contribution in [1.29, 1.82) is 0 Å². The molecule has 0 radical (unpaired) electrons. The van der Waals surface area contributed by atoms with Crippen molar-refractivity contribution in [1.82, 2.24) is 5.32 Å². The molecule has 0 aromatic rings. The molecule has 0 saturated carbocycles. The molecule has 1 aliphatic rings. The molecule has 0 spiro atoms. The van der Waals surface area contributed by atoms with E-state index in [2.05, 4.69) is 79.9 Å². The molecule has 9 heteroatoms. The third kappa shape index (κ3) is 46.0. The highest BCUT2D eigenvalue weighted by molar-refractivity contribution is 5.76. The van der Waals surface area contributed by atoms with Crippen molar-refractivity contribution < 1.29 is 39.8 Å². The van der Waals surface area contributed by atoms with Crippen molar-refractivity contribution in [3.8, 4) is 0 Å². The zero-order chi connectivity index (χ0) is 55.8. The Balaban J connectivity index is 2.20. The lowest BCUT2D eigenvalue weighted by molar-refractivity contribution is -0.302. The predicted molar refractivity (Wildman–Crippen MR) is 327 cm³/mol. The van der Waals surface area contributed by atoms with Gasteiger partial charge < -0.3 is 40.3 Å². The van der Waals surface area contributed by atoms with E-state index in [4.69, 9.17) is 9.47 Å². The zero-order valence-corrected chi connectivity index (χ0v) is 50.0. The SMILES string of the molecule is CCCCCCC/C=C\C/C=C\C/C=C\CCCCCCCCC(=O)NC(COC1OC(CO)C(O)C(O)C1O)C(O)/C=C/CC/C=C/CC/C=C/CCCCCCCCCCCCCCCCCCCCCCCCC. The Morgan fingerprint density at radius 3 is 1.18 bits per heavy atom. The fraction of sp³-hybridized carbons (Fsp3) is 0.809. The van der Waals surface area contributed by atoms with Crippen LogP contribution in [0.25, 0.3) is 0 Å². The van der Waals surface area contributed by atoms with E-state index in [0.29, 0.717) is 6.42 Å². The Labute approximate surface area is 474 Å². The van der Waals surface area contributed by atoms with Crippen LogP contribution in [-0.2, 0) is 14.3 Å². The minimum atomic E-state index is -1.58. The van der Waals surface area contributed by atoms with E-state index in [-0.39, 0.29) is 12.5 Å². The molecule has 9 nitrogen and oxygen atoms in total. The number of hydrogen-bond donors (Lipinski definition) is 6. The summed E-state index contributed by atoms with van der Waals surface area (Å²) in [6, 6.07) is -0.841. The van der Waals surface area contributed by atoms with Crippen molar-refractivity contribution in [2.75, 3.05) is 13.2 Å². The molecule has 0 aromatic carbocycles. The van der Waals surface area contributed by atoms with E-state index in [9.17, 15) is 30.3 Å². The van der Waals surface area contributed by atoms with Crippen LogP contribution in [-0.4, -0.2) is 87.5 Å². The summed E-state index contributed by atoms with van der Waals surface area (Å²) < 4.78 is 11.3. The van der Waals surface area contributed by atoms with Gasteiger partial charge >= 0.3 is 0 Å². The fourth-order valence-electron chi connectivity index (χ4n) is 10.1.